The van der Waals surface area contributed by atoms with Crippen LogP contribution >= 0.6 is 0 Å². The summed E-state index contributed by atoms with van der Waals surface area (Å²) in [4.78, 5) is 27.7. The van der Waals surface area contributed by atoms with E-state index in [9.17, 15) is 9.59 Å². The molecule has 0 saturated heterocycles. The molecule has 26 heavy (non-hydrogen) atoms. The summed E-state index contributed by atoms with van der Waals surface area (Å²) in [5, 5.41) is 2.99. The van der Waals surface area contributed by atoms with Crippen LogP contribution < -0.4 is 10.2 Å². The van der Waals surface area contributed by atoms with Crippen molar-refractivity contribution < 1.29 is 9.59 Å². The van der Waals surface area contributed by atoms with Crippen molar-refractivity contribution in [3.05, 3.63) is 41.5 Å². The first-order valence-electron chi connectivity index (χ1n) is 9.86. The molecule has 0 bridgehead atoms. The number of carbonyl (C=O) groups excluding carboxylic acids is 2. The van der Waals surface area contributed by atoms with E-state index in [2.05, 4.69) is 17.5 Å². The van der Waals surface area contributed by atoms with Gasteiger partial charge in [0.25, 0.3) is 0 Å². The van der Waals surface area contributed by atoms with Crippen molar-refractivity contribution in [2.75, 3.05) is 18.0 Å². The first-order valence-corrected chi connectivity index (χ1v) is 9.86. The van der Waals surface area contributed by atoms with Gasteiger partial charge >= 0.3 is 0 Å². The predicted molar refractivity (Wildman–Crippen MR) is 105 cm³/mol. The number of hydrogen-bond acceptors (Lipinski definition) is 2. The number of nitrogens with one attached hydrogen (secondary N) is 1. The Morgan fingerprint density at radius 2 is 1.92 bits per heavy atom. The largest absolute Gasteiger partial charge is 0.355 e. The molecule has 1 aromatic rings. The molecule has 0 fully saturated rings. The fraction of sp³-hybridized carbons (Fsp3) is 0.545. The van der Waals surface area contributed by atoms with Crippen molar-refractivity contribution in [3.8, 4) is 0 Å². The molecule has 0 aromatic heterocycles. The van der Waals surface area contributed by atoms with Crippen LogP contribution in [0, 0.1) is 5.41 Å². The number of fused-ring (bicyclic) bond motifs is 1. The van der Waals surface area contributed by atoms with E-state index in [0.29, 0.717) is 13.1 Å². The monoisotopic (exact) mass is 354 g/mol. The van der Waals surface area contributed by atoms with Crippen LogP contribution in [0.15, 0.2) is 35.9 Å². The summed E-state index contributed by atoms with van der Waals surface area (Å²) < 4.78 is 0. The first-order chi connectivity index (χ1) is 12.5. The lowest BCUT2D eigenvalue weighted by Crippen LogP contribution is -2.51. The fourth-order valence-corrected chi connectivity index (χ4v) is 3.87. The van der Waals surface area contributed by atoms with Gasteiger partial charge in [0.2, 0.25) is 11.8 Å². The minimum Gasteiger partial charge on any atom is -0.355 e. The van der Waals surface area contributed by atoms with Crippen molar-refractivity contribution in [1.82, 2.24) is 5.32 Å². The number of allylic oxidation sites excluding steroid dienone is 1. The van der Waals surface area contributed by atoms with E-state index in [0.717, 1.165) is 37.8 Å². The smallest absolute Gasteiger partial charge is 0.242 e. The fourth-order valence-electron chi connectivity index (χ4n) is 3.87. The van der Waals surface area contributed by atoms with E-state index in [4.69, 9.17) is 0 Å². The Labute approximate surface area is 156 Å². The van der Waals surface area contributed by atoms with Gasteiger partial charge in [-0.05, 0) is 70.4 Å². The van der Waals surface area contributed by atoms with Crippen LogP contribution in [0.1, 0.15) is 57.9 Å². The van der Waals surface area contributed by atoms with Crippen LogP contribution in [0.25, 0.3) is 0 Å². The SMILES string of the molecule is CC(C)(C(=O)NCCC1=CCCCC1)C(=O)N1CCCc2ccccc21. The van der Waals surface area contributed by atoms with Crippen LogP contribution in [0.5, 0.6) is 0 Å². The third kappa shape index (κ3) is 4.00. The number of hydrogen-bond donors (Lipinski definition) is 1. The topological polar surface area (TPSA) is 49.4 Å². The second-order valence-corrected chi connectivity index (χ2v) is 7.93. The van der Waals surface area contributed by atoms with E-state index in [1.165, 1.54) is 24.0 Å². The van der Waals surface area contributed by atoms with Gasteiger partial charge in [-0.25, -0.2) is 0 Å². The third-order valence-electron chi connectivity index (χ3n) is 5.57. The molecule has 1 heterocycles. The maximum absolute atomic E-state index is 13.1. The van der Waals surface area contributed by atoms with Gasteiger partial charge in [0.05, 0.1) is 0 Å². The molecule has 0 saturated carbocycles. The molecule has 0 spiro atoms. The molecule has 1 aromatic carbocycles. The Morgan fingerprint density at radius 1 is 1.12 bits per heavy atom. The zero-order chi connectivity index (χ0) is 18.6. The van der Waals surface area contributed by atoms with E-state index >= 15 is 0 Å². The lowest BCUT2D eigenvalue weighted by Gasteiger charge is -2.35. The summed E-state index contributed by atoms with van der Waals surface area (Å²) >= 11 is 0. The van der Waals surface area contributed by atoms with E-state index in [1.807, 2.05) is 18.2 Å². The molecule has 0 unspecified atom stereocenters. The zero-order valence-corrected chi connectivity index (χ0v) is 16.0. The highest BCUT2D eigenvalue weighted by Crippen LogP contribution is 2.31. The summed E-state index contributed by atoms with van der Waals surface area (Å²) in [6, 6.07) is 8.01. The lowest BCUT2D eigenvalue weighted by atomic mass is 9.88. The molecule has 1 N–H and O–H groups in total. The van der Waals surface area contributed by atoms with Gasteiger partial charge in [0.1, 0.15) is 5.41 Å². The van der Waals surface area contributed by atoms with Gasteiger partial charge in [-0.3, -0.25) is 9.59 Å². The van der Waals surface area contributed by atoms with Crippen molar-refractivity contribution >= 4 is 17.5 Å². The Hall–Kier alpha value is -2.10. The summed E-state index contributed by atoms with van der Waals surface area (Å²) in [7, 11) is 0. The molecule has 0 radical (unpaired) electrons. The van der Waals surface area contributed by atoms with E-state index < -0.39 is 5.41 Å². The second kappa shape index (κ2) is 8.07. The highest BCUT2D eigenvalue weighted by atomic mass is 16.2. The lowest BCUT2D eigenvalue weighted by molar-refractivity contribution is -0.139. The molecular weight excluding hydrogens is 324 g/mol. The van der Waals surface area contributed by atoms with Gasteiger partial charge < -0.3 is 10.2 Å². The number of rotatable bonds is 5. The van der Waals surface area contributed by atoms with E-state index in [-0.39, 0.29) is 11.8 Å². The third-order valence-corrected chi connectivity index (χ3v) is 5.57. The highest BCUT2D eigenvalue weighted by molar-refractivity contribution is 6.11. The molecule has 3 rings (SSSR count). The average Bonchev–Trinajstić information content (AvgIpc) is 2.67. The Kier molecular flexibility index (Phi) is 5.80. The van der Waals surface area contributed by atoms with Crippen LogP contribution in [0.3, 0.4) is 0 Å². The Bertz CT molecular complexity index is 706. The molecule has 0 atom stereocenters. The van der Waals surface area contributed by atoms with Gasteiger partial charge in [-0.1, -0.05) is 29.8 Å². The van der Waals surface area contributed by atoms with Gasteiger partial charge in [0, 0.05) is 18.8 Å². The quantitative estimate of drug-likeness (QED) is 0.642. The van der Waals surface area contributed by atoms with Crippen molar-refractivity contribution in [2.45, 2.75) is 58.8 Å². The minimum absolute atomic E-state index is 0.112. The number of aryl methyl sites for hydroxylation is 1. The molecule has 4 nitrogen and oxygen atoms in total. The van der Waals surface area contributed by atoms with Crippen molar-refractivity contribution in [3.63, 3.8) is 0 Å². The molecule has 2 amide bonds. The first kappa shape index (κ1) is 18.7. The molecular formula is C22H30N2O2. The summed E-state index contributed by atoms with van der Waals surface area (Å²) in [6.07, 6.45) is 9.94. The number of para-hydroxylation sites is 1. The number of benzene rings is 1. The average molecular weight is 354 g/mol. The maximum atomic E-state index is 13.1. The van der Waals surface area contributed by atoms with Crippen molar-refractivity contribution in [1.29, 1.82) is 0 Å². The number of nitrogens with zero attached hydrogens (tertiary/aromatic N) is 1. The molecule has 2 aliphatic rings. The maximum Gasteiger partial charge on any atom is 0.242 e. The Balaban J connectivity index is 1.62. The second-order valence-electron chi connectivity index (χ2n) is 7.93. The van der Waals surface area contributed by atoms with E-state index in [1.54, 1.807) is 18.7 Å². The summed E-state index contributed by atoms with van der Waals surface area (Å²) in [6.45, 7) is 4.76. The summed E-state index contributed by atoms with van der Waals surface area (Å²) in [5.74, 6) is -0.291. The minimum atomic E-state index is -1.06. The molecule has 4 heteroatoms. The van der Waals surface area contributed by atoms with Crippen LogP contribution in [0.4, 0.5) is 5.69 Å². The summed E-state index contributed by atoms with van der Waals surface area (Å²) in [5.41, 5.74) is 2.51. The van der Waals surface area contributed by atoms with Gasteiger partial charge in [0.15, 0.2) is 0 Å². The zero-order valence-electron chi connectivity index (χ0n) is 16.0. The number of anilines is 1. The van der Waals surface area contributed by atoms with Crippen LogP contribution in [-0.4, -0.2) is 24.9 Å². The van der Waals surface area contributed by atoms with Gasteiger partial charge in [-0.2, -0.15) is 0 Å². The molecule has 1 aliphatic heterocycles. The number of amides is 2. The number of carbonyl (C=O) groups is 2. The molecule has 1 aliphatic carbocycles. The van der Waals surface area contributed by atoms with Crippen molar-refractivity contribution in [2.24, 2.45) is 5.41 Å². The van der Waals surface area contributed by atoms with Crippen LogP contribution in [-0.2, 0) is 16.0 Å². The van der Waals surface area contributed by atoms with Crippen LogP contribution in [0.2, 0.25) is 0 Å². The Morgan fingerprint density at radius 3 is 2.69 bits per heavy atom. The highest BCUT2D eigenvalue weighted by Gasteiger charge is 2.40. The predicted octanol–water partition coefficient (Wildman–Crippen LogP) is 4.00. The van der Waals surface area contributed by atoms with Gasteiger partial charge in [-0.15, -0.1) is 0 Å². The standard InChI is InChI=1S/C22H30N2O2/c1-22(2,20(25)23-15-14-17-9-4-3-5-10-17)21(26)24-16-8-12-18-11-6-7-13-19(18)24/h6-7,9,11,13H,3-5,8,10,12,14-16H2,1-2H3,(H,23,25). The molecule has 140 valence electrons. The normalized spacial score (nSPS) is 17.3.